The molecule has 3 aliphatic rings. The first-order valence-corrected chi connectivity index (χ1v) is 17.2. The number of Topliss-reactive ketones (excluding diaryl/α,β-unsaturated/α-hetero) is 2. The molecule has 1 aromatic rings. The van der Waals surface area contributed by atoms with Gasteiger partial charge in [-0.1, -0.05) is 24.3 Å². The van der Waals surface area contributed by atoms with Crippen LogP contribution in [0.1, 0.15) is 69.2 Å². The topological polar surface area (TPSA) is 275 Å². The first-order valence-electron chi connectivity index (χ1n) is 17.2. The lowest BCUT2D eigenvalue weighted by molar-refractivity contribution is -0.358. The molecule has 0 aromatic heterocycles. The maximum absolute atomic E-state index is 13.5. The highest BCUT2D eigenvalue weighted by molar-refractivity contribution is 6.25. The van der Waals surface area contributed by atoms with Crippen molar-refractivity contribution < 1.29 is 100 Å². The minimum absolute atomic E-state index is 0.141. The van der Waals surface area contributed by atoms with E-state index in [4.69, 9.17) is 52.1 Å². The SMILES string of the molecule is CC(=O)OC[C@H]1O[C@H](O[C@H]2[C@H](OC(C)=O)[C@@H](OC(C)=O)[C@H](OC3=C(O)C(=O)c4ccccc4C3=O)O[C@@H]2COC(C)=O)[C@H](OC(C)=O)[C@@H](OC(C)=O)[C@@H]1OC(C)=O. The normalized spacial score (nSPS) is 28.2. The highest BCUT2D eigenvalue weighted by Gasteiger charge is 2.58. The second-order valence-electron chi connectivity index (χ2n) is 12.7. The largest absolute Gasteiger partial charge is 0.501 e. The van der Waals surface area contributed by atoms with E-state index in [9.17, 15) is 48.3 Å². The van der Waals surface area contributed by atoms with Gasteiger partial charge in [-0.2, -0.15) is 0 Å². The Balaban J connectivity index is 1.85. The number of hydrogen-bond donors (Lipinski definition) is 1. The van der Waals surface area contributed by atoms with E-state index in [0.29, 0.717) is 0 Å². The molecule has 21 heteroatoms. The number of benzene rings is 1. The molecule has 1 aliphatic carbocycles. The van der Waals surface area contributed by atoms with Crippen LogP contribution in [-0.2, 0) is 85.7 Å². The van der Waals surface area contributed by atoms with Crippen molar-refractivity contribution in [3.8, 4) is 0 Å². The van der Waals surface area contributed by atoms with Gasteiger partial charge in [-0.05, 0) is 0 Å². The van der Waals surface area contributed by atoms with Crippen LogP contribution in [0.15, 0.2) is 35.8 Å². The molecular formula is C36H40O21. The number of esters is 7. The van der Waals surface area contributed by atoms with Gasteiger partial charge in [0.1, 0.15) is 31.5 Å². The minimum Gasteiger partial charge on any atom is -0.501 e. The fourth-order valence-corrected chi connectivity index (χ4v) is 6.13. The van der Waals surface area contributed by atoms with Crippen molar-refractivity contribution in [1.29, 1.82) is 0 Å². The molecule has 0 radical (unpaired) electrons. The molecule has 1 N–H and O–H groups in total. The first-order chi connectivity index (χ1) is 26.8. The van der Waals surface area contributed by atoms with E-state index >= 15 is 0 Å². The Bertz CT molecular complexity index is 1820. The summed E-state index contributed by atoms with van der Waals surface area (Å²) in [5.74, 6) is -10.7. The summed E-state index contributed by atoms with van der Waals surface area (Å²) < 4.78 is 61.7. The molecule has 57 heavy (non-hydrogen) atoms. The Kier molecular flexibility index (Phi) is 14.4. The molecule has 310 valence electrons. The van der Waals surface area contributed by atoms with Crippen LogP contribution >= 0.6 is 0 Å². The number of carbonyl (C=O) groups excluding carboxylic acids is 9. The van der Waals surface area contributed by atoms with Crippen LogP contribution in [-0.4, -0.2) is 133 Å². The molecule has 2 heterocycles. The van der Waals surface area contributed by atoms with Gasteiger partial charge in [-0.3, -0.25) is 43.2 Å². The summed E-state index contributed by atoms with van der Waals surface area (Å²) >= 11 is 0. The number of fused-ring (bicyclic) bond motifs is 1. The average Bonchev–Trinajstić information content (AvgIpc) is 3.11. The lowest BCUT2D eigenvalue weighted by atomic mass is 9.92. The third kappa shape index (κ3) is 10.9. The number of carbonyl (C=O) groups is 9. The molecule has 0 amide bonds. The van der Waals surface area contributed by atoms with Gasteiger partial charge in [-0.15, -0.1) is 0 Å². The van der Waals surface area contributed by atoms with E-state index in [1.807, 2.05) is 0 Å². The summed E-state index contributed by atoms with van der Waals surface area (Å²) in [6.45, 7) is 5.57. The smallest absolute Gasteiger partial charge is 0.303 e. The van der Waals surface area contributed by atoms with Crippen molar-refractivity contribution in [3.63, 3.8) is 0 Å². The van der Waals surface area contributed by atoms with Gasteiger partial charge in [-0.25, -0.2) is 0 Å². The monoisotopic (exact) mass is 808 g/mol. The Morgan fingerprint density at radius 3 is 1.39 bits per heavy atom. The van der Waals surface area contributed by atoms with Crippen molar-refractivity contribution in [2.24, 2.45) is 0 Å². The van der Waals surface area contributed by atoms with E-state index in [1.165, 1.54) is 24.3 Å². The van der Waals surface area contributed by atoms with Crippen LogP contribution < -0.4 is 0 Å². The third-order valence-electron chi connectivity index (χ3n) is 8.17. The van der Waals surface area contributed by atoms with Gasteiger partial charge in [0.25, 0.3) is 0 Å². The van der Waals surface area contributed by atoms with E-state index in [1.54, 1.807) is 0 Å². The Labute approximate surface area is 323 Å². The molecular weight excluding hydrogens is 768 g/mol. The molecule has 2 saturated heterocycles. The molecule has 2 aliphatic heterocycles. The van der Waals surface area contributed by atoms with Gasteiger partial charge in [0.2, 0.25) is 35.5 Å². The van der Waals surface area contributed by atoms with Crippen LogP contribution in [0.25, 0.3) is 0 Å². The van der Waals surface area contributed by atoms with Crippen molar-refractivity contribution in [1.82, 2.24) is 0 Å². The molecule has 0 bridgehead atoms. The summed E-state index contributed by atoms with van der Waals surface area (Å²) in [4.78, 5) is 113. The van der Waals surface area contributed by atoms with Crippen LogP contribution in [0, 0.1) is 0 Å². The number of ether oxygens (including phenoxy) is 11. The minimum atomic E-state index is -2.02. The van der Waals surface area contributed by atoms with Gasteiger partial charge >= 0.3 is 41.8 Å². The van der Waals surface area contributed by atoms with Crippen LogP contribution in [0.4, 0.5) is 0 Å². The van der Waals surface area contributed by atoms with Crippen molar-refractivity contribution >= 4 is 53.4 Å². The Morgan fingerprint density at radius 1 is 0.526 bits per heavy atom. The average molecular weight is 809 g/mol. The van der Waals surface area contributed by atoms with E-state index in [0.717, 1.165) is 48.5 Å². The number of aliphatic hydroxyl groups excluding tert-OH is 1. The quantitative estimate of drug-likeness (QED) is 0.209. The van der Waals surface area contributed by atoms with Crippen LogP contribution in [0.3, 0.4) is 0 Å². The lowest BCUT2D eigenvalue weighted by Gasteiger charge is -2.48. The van der Waals surface area contributed by atoms with Gasteiger partial charge in [0.15, 0.2) is 30.7 Å². The van der Waals surface area contributed by atoms with Crippen molar-refractivity contribution in [2.75, 3.05) is 13.2 Å². The number of ketones is 2. The second kappa shape index (κ2) is 18.8. The number of aliphatic hydroxyl groups is 1. The fourth-order valence-electron chi connectivity index (χ4n) is 6.13. The van der Waals surface area contributed by atoms with Crippen LogP contribution in [0.2, 0.25) is 0 Å². The third-order valence-corrected chi connectivity index (χ3v) is 8.17. The zero-order valence-electron chi connectivity index (χ0n) is 31.6. The first kappa shape index (κ1) is 43.8. The lowest BCUT2D eigenvalue weighted by Crippen LogP contribution is -2.67. The molecule has 21 nitrogen and oxygen atoms in total. The van der Waals surface area contributed by atoms with E-state index < -0.39 is 139 Å². The van der Waals surface area contributed by atoms with Crippen molar-refractivity contribution in [2.45, 2.75) is 110 Å². The molecule has 2 fully saturated rings. The summed E-state index contributed by atoms with van der Waals surface area (Å²) in [6.07, 6.45) is -17.8. The van der Waals surface area contributed by atoms with Crippen molar-refractivity contribution in [3.05, 3.63) is 46.9 Å². The highest BCUT2D eigenvalue weighted by atomic mass is 16.8. The Hall–Kier alpha value is -5.93. The highest BCUT2D eigenvalue weighted by Crippen LogP contribution is 2.37. The standard InChI is InChI=1S/C36H40O21/c1-14(37)47-12-23-28(49-16(3)39)31(50-17(4)40)33(52-19(6)42)35(54-23)56-29-24(13-48-15(2)38)55-36(34(53-20(7)43)32(29)51-18(5)41)57-30-26(45)22-11-9-8-10-21(22)25(44)27(30)46/h8-11,23-24,28-29,31-36,46H,12-13H2,1-7H3/t23-,24-,28-,29-,31+,32+,33-,34-,35-,36+/m1/s1. The Morgan fingerprint density at radius 2 is 0.912 bits per heavy atom. The number of rotatable bonds is 13. The van der Waals surface area contributed by atoms with Gasteiger partial charge in [0, 0.05) is 59.6 Å². The maximum atomic E-state index is 13.5. The molecule has 4 rings (SSSR count). The number of hydrogen-bond acceptors (Lipinski definition) is 21. The van der Waals surface area contributed by atoms with E-state index in [2.05, 4.69) is 0 Å². The second-order valence-corrected chi connectivity index (χ2v) is 12.7. The molecule has 0 spiro atoms. The zero-order valence-corrected chi connectivity index (χ0v) is 31.6. The molecule has 0 saturated carbocycles. The summed E-state index contributed by atoms with van der Waals surface area (Å²) in [7, 11) is 0. The summed E-state index contributed by atoms with van der Waals surface area (Å²) in [6, 6.07) is 5.49. The van der Waals surface area contributed by atoms with Gasteiger partial charge < -0.3 is 57.2 Å². The fraction of sp³-hybridized carbons (Fsp3) is 0.528. The van der Waals surface area contributed by atoms with E-state index in [-0.39, 0.29) is 11.1 Å². The number of allylic oxidation sites excluding steroid dienone is 2. The molecule has 10 atom stereocenters. The summed E-state index contributed by atoms with van der Waals surface area (Å²) in [5, 5.41) is 10.8. The summed E-state index contributed by atoms with van der Waals surface area (Å²) in [5.41, 5.74) is -0.301. The van der Waals surface area contributed by atoms with Gasteiger partial charge in [0.05, 0.1) is 0 Å². The molecule has 1 aromatic carbocycles. The maximum Gasteiger partial charge on any atom is 0.303 e. The van der Waals surface area contributed by atoms with Crippen LogP contribution in [0.5, 0.6) is 0 Å². The predicted molar refractivity (Wildman–Crippen MR) is 179 cm³/mol. The zero-order chi connectivity index (χ0) is 42.3. The molecule has 0 unspecified atom stereocenters. The predicted octanol–water partition coefficient (Wildman–Crippen LogP) is 0.472.